The molecule has 6 nitrogen and oxygen atoms in total. The summed E-state index contributed by atoms with van der Waals surface area (Å²) in [6.45, 7) is 4.28. The first-order chi connectivity index (χ1) is 11.8. The molecule has 1 aliphatic rings. The van der Waals surface area contributed by atoms with Crippen molar-refractivity contribution in [2.24, 2.45) is 0 Å². The highest BCUT2D eigenvalue weighted by molar-refractivity contribution is 5.95. The zero-order chi connectivity index (χ0) is 16.8. The highest BCUT2D eigenvalue weighted by Crippen LogP contribution is 2.19. The van der Waals surface area contributed by atoms with E-state index in [-0.39, 0.29) is 12.0 Å². The highest BCUT2D eigenvalue weighted by Gasteiger charge is 2.25. The van der Waals surface area contributed by atoms with E-state index in [1.54, 1.807) is 30.7 Å². The van der Waals surface area contributed by atoms with Crippen molar-refractivity contribution < 1.29 is 9.53 Å². The summed E-state index contributed by atoms with van der Waals surface area (Å²) in [5, 5.41) is 0. The summed E-state index contributed by atoms with van der Waals surface area (Å²) in [5.41, 5.74) is 2.15. The maximum atomic E-state index is 12.8. The van der Waals surface area contributed by atoms with E-state index in [0.29, 0.717) is 17.8 Å². The monoisotopic (exact) mass is 326 g/mol. The van der Waals surface area contributed by atoms with Gasteiger partial charge < -0.3 is 9.64 Å². The minimum Gasteiger partial charge on any atom is -0.376 e. The van der Waals surface area contributed by atoms with E-state index in [1.165, 1.54) is 6.33 Å². The summed E-state index contributed by atoms with van der Waals surface area (Å²) in [4.78, 5) is 27.0. The number of aromatic nitrogens is 3. The Morgan fingerprint density at radius 3 is 3.00 bits per heavy atom. The maximum Gasteiger partial charge on any atom is 0.254 e. The molecule has 0 bridgehead atoms. The normalized spacial score (nSPS) is 17.7. The summed E-state index contributed by atoms with van der Waals surface area (Å²) in [6.07, 6.45) is 9.66. The topological polar surface area (TPSA) is 68.2 Å². The Morgan fingerprint density at radius 1 is 1.38 bits per heavy atom. The number of piperidine rings is 1. The van der Waals surface area contributed by atoms with Gasteiger partial charge in [-0.3, -0.25) is 9.78 Å². The molecular weight excluding hydrogens is 304 g/mol. The first kappa shape index (κ1) is 16.5. The van der Waals surface area contributed by atoms with Crippen molar-refractivity contribution in [2.75, 3.05) is 19.7 Å². The molecule has 0 radical (unpaired) electrons. The van der Waals surface area contributed by atoms with Crippen LogP contribution in [0.4, 0.5) is 0 Å². The van der Waals surface area contributed by atoms with E-state index in [0.717, 1.165) is 38.0 Å². The summed E-state index contributed by atoms with van der Waals surface area (Å²) in [6, 6.07) is 3.56. The SMILES string of the molecule is CCCOC1CCCN(C(=O)c2ccnc(-c3cncnc3)c2)C1. The Kier molecular flexibility index (Phi) is 5.48. The number of likely N-dealkylation sites (tertiary alicyclic amines) is 1. The number of hydrogen-bond acceptors (Lipinski definition) is 5. The van der Waals surface area contributed by atoms with Crippen molar-refractivity contribution in [1.82, 2.24) is 19.9 Å². The average molecular weight is 326 g/mol. The van der Waals surface area contributed by atoms with Crippen molar-refractivity contribution >= 4 is 5.91 Å². The van der Waals surface area contributed by atoms with Gasteiger partial charge in [0.2, 0.25) is 0 Å². The van der Waals surface area contributed by atoms with Crippen LogP contribution in [0.3, 0.4) is 0 Å². The summed E-state index contributed by atoms with van der Waals surface area (Å²) in [5.74, 6) is 0.0281. The molecule has 0 N–H and O–H groups in total. The predicted molar refractivity (Wildman–Crippen MR) is 90.4 cm³/mol. The molecule has 126 valence electrons. The quantitative estimate of drug-likeness (QED) is 0.845. The standard InChI is InChI=1S/C18H22N4O2/c1-2-8-24-16-4-3-7-22(12-16)18(23)14-5-6-21-17(9-14)15-10-19-13-20-11-15/h5-6,9-11,13,16H,2-4,7-8,12H2,1H3. The molecule has 1 aliphatic heterocycles. The molecule has 6 heteroatoms. The van der Waals surface area contributed by atoms with Crippen LogP contribution in [0.25, 0.3) is 11.3 Å². The molecule has 0 spiro atoms. The molecule has 2 aromatic rings. The van der Waals surface area contributed by atoms with Crippen LogP contribution in [0.2, 0.25) is 0 Å². The number of pyridine rings is 1. The van der Waals surface area contributed by atoms with Crippen molar-refractivity contribution in [1.29, 1.82) is 0 Å². The third-order valence-electron chi connectivity index (χ3n) is 4.09. The van der Waals surface area contributed by atoms with E-state index in [2.05, 4.69) is 21.9 Å². The van der Waals surface area contributed by atoms with E-state index in [1.807, 2.05) is 4.90 Å². The van der Waals surface area contributed by atoms with Crippen LogP contribution in [0.5, 0.6) is 0 Å². The minimum absolute atomic E-state index is 0.0281. The molecule has 3 heterocycles. The zero-order valence-corrected chi connectivity index (χ0v) is 13.9. The van der Waals surface area contributed by atoms with Gasteiger partial charge in [0.1, 0.15) is 6.33 Å². The number of nitrogens with zero attached hydrogens (tertiary/aromatic N) is 4. The fourth-order valence-electron chi connectivity index (χ4n) is 2.88. The van der Waals surface area contributed by atoms with Crippen molar-refractivity contribution in [3.8, 4) is 11.3 Å². The largest absolute Gasteiger partial charge is 0.376 e. The lowest BCUT2D eigenvalue weighted by atomic mass is 10.1. The first-order valence-electron chi connectivity index (χ1n) is 8.40. The first-order valence-corrected chi connectivity index (χ1v) is 8.40. The smallest absolute Gasteiger partial charge is 0.254 e. The van der Waals surface area contributed by atoms with Gasteiger partial charge in [-0.1, -0.05) is 6.92 Å². The molecule has 1 unspecified atom stereocenters. The zero-order valence-electron chi connectivity index (χ0n) is 13.9. The molecule has 3 rings (SSSR count). The van der Waals surface area contributed by atoms with Gasteiger partial charge in [0.15, 0.2) is 0 Å². The Hall–Kier alpha value is -2.34. The van der Waals surface area contributed by atoms with E-state index >= 15 is 0 Å². The van der Waals surface area contributed by atoms with Gasteiger partial charge in [0.25, 0.3) is 5.91 Å². The molecule has 1 fully saturated rings. The molecule has 0 aliphatic carbocycles. The van der Waals surface area contributed by atoms with E-state index in [9.17, 15) is 4.79 Å². The lowest BCUT2D eigenvalue weighted by Crippen LogP contribution is -2.43. The summed E-state index contributed by atoms with van der Waals surface area (Å²) >= 11 is 0. The van der Waals surface area contributed by atoms with Crippen molar-refractivity contribution in [3.05, 3.63) is 42.6 Å². The van der Waals surface area contributed by atoms with Gasteiger partial charge >= 0.3 is 0 Å². The van der Waals surface area contributed by atoms with E-state index in [4.69, 9.17) is 4.74 Å². The van der Waals surface area contributed by atoms with Gasteiger partial charge in [0, 0.05) is 49.4 Å². The number of carbonyl (C=O) groups is 1. The minimum atomic E-state index is 0.0281. The fourth-order valence-corrected chi connectivity index (χ4v) is 2.88. The van der Waals surface area contributed by atoms with Crippen LogP contribution in [-0.2, 0) is 4.74 Å². The third-order valence-corrected chi connectivity index (χ3v) is 4.09. The van der Waals surface area contributed by atoms with Gasteiger partial charge in [-0.25, -0.2) is 9.97 Å². The Bertz CT molecular complexity index is 678. The molecule has 0 aromatic carbocycles. The highest BCUT2D eigenvalue weighted by atomic mass is 16.5. The molecular formula is C18H22N4O2. The molecule has 2 aromatic heterocycles. The van der Waals surface area contributed by atoms with Crippen LogP contribution in [0, 0.1) is 0 Å². The van der Waals surface area contributed by atoms with Crippen molar-refractivity contribution in [2.45, 2.75) is 32.3 Å². The number of ether oxygens (including phenoxy) is 1. The molecule has 1 saturated heterocycles. The van der Waals surface area contributed by atoms with Crippen molar-refractivity contribution in [3.63, 3.8) is 0 Å². The van der Waals surface area contributed by atoms with Crippen LogP contribution in [-0.4, -0.2) is 51.6 Å². The molecule has 1 atom stereocenters. The van der Waals surface area contributed by atoms with Gasteiger partial charge in [-0.15, -0.1) is 0 Å². The lowest BCUT2D eigenvalue weighted by molar-refractivity contribution is 0.00211. The number of carbonyl (C=O) groups excluding carboxylic acids is 1. The lowest BCUT2D eigenvalue weighted by Gasteiger charge is -2.32. The van der Waals surface area contributed by atoms with Gasteiger partial charge in [-0.05, 0) is 31.4 Å². The van der Waals surface area contributed by atoms with Gasteiger partial charge in [-0.2, -0.15) is 0 Å². The second-order valence-electron chi connectivity index (χ2n) is 5.94. The van der Waals surface area contributed by atoms with Gasteiger partial charge in [0.05, 0.1) is 11.8 Å². The predicted octanol–water partition coefficient (Wildman–Crippen LogP) is 2.57. The molecule has 24 heavy (non-hydrogen) atoms. The number of rotatable bonds is 5. The maximum absolute atomic E-state index is 12.8. The fraction of sp³-hybridized carbons (Fsp3) is 0.444. The van der Waals surface area contributed by atoms with Crippen LogP contribution in [0.1, 0.15) is 36.5 Å². The molecule has 1 amide bonds. The number of hydrogen-bond donors (Lipinski definition) is 0. The molecule has 0 saturated carbocycles. The second kappa shape index (κ2) is 7.97. The Morgan fingerprint density at radius 2 is 2.21 bits per heavy atom. The average Bonchev–Trinajstić information content (AvgIpc) is 2.67. The second-order valence-corrected chi connectivity index (χ2v) is 5.94. The summed E-state index contributed by atoms with van der Waals surface area (Å²) < 4.78 is 5.82. The Balaban J connectivity index is 1.73. The van der Waals surface area contributed by atoms with E-state index < -0.39 is 0 Å². The van der Waals surface area contributed by atoms with Crippen LogP contribution >= 0.6 is 0 Å². The van der Waals surface area contributed by atoms with Crippen LogP contribution in [0.15, 0.2) is 37.1 Å². The summed E-state index contributed by atoms with van der Waals surface area (Å²) in [7, 11) is 0. The van der Waals surface area contributed by atoms with Crippen LogP contribution < -0.4 is 0 Å². The Labute approximate surface area is 141 Å². The third kappa shape index (κ3) is 3.94. The number of amides is 1.